The van der Waals surface area contributed by atoms with Crippen molar-refractivity contribution in [1.29, 1.82) is 0 Å². The van der Waals surface area contributed by atoms with Gasteiger partial charge in [-0.2, -0.15) is 18.2 Å². The van der Waals surface area contributed by atoms with Gasteiger partial charge in [-0.25, -0.2) is 13.8 Å². The molecule has 3 N–H and O–H groups in total. The minimum Gasteiger partial charge on any atom is -0.471 e. The van der Waals surface area contributed by atoms with Gasteiger partial charge in [0.25, 0.3) is 18.2 Å². The maximum absolute atomic E-state index is 13.2. The molecule has 2 aliphatic rings. The van der Waals surface area contributed by atoms with Gasteiger partial charge in [0.1, 0.15) is 17.0 Å². The van der Waals surface area contributed by atoms with Crippen LogP contribution in [0.25, 0.3) is 11.2 Å². The van der Waals surface area contributed by atoms with E-state index in [-0.39, 0.29) is 67.2 Å². The van der Waals surface area contributed by atoms with Crippen LogP contribution < -0.4 is 15.4 Å². The monoisotopic (exact) mass is 691 g/mol. The summed E-state index contributed by atoms with van der Waals surface area (Å²) in [5, 5.41) is 6.18. The third-order valence-corrected chi connectivity index (χ3v) is 9.18. The molecule has 2 amide bonds. The fourth-order valence-corrected chi connectivity index (χ4v) is 6.31. The van der Waals surface area contributed by atoms with Crippen molar-refractivity contribution in [3.8, 4) is 5.88 Å². The summed E-state index contributed by atoms with van der Waals surface area (Å²) in [5.74, 6) is -2.45. The molecule has 2 aromatic heterocycles. The molecule has 2 fully saturated rings. The second-order valence-electron chi connectivity index (χ2n) is 11.7. The van der Waals surface area contributed by atoms with Crippen LogP contribution in [-0.4, -0.2) is 64.2 Å². The number of carbonyl (C=O) groups excluding carboxylic acids is 2. The number of nitrogens with zero attached hydrogens (tertiary/aromatic N) is 2. The van der Waals surface area contributed by atoms with Crippen molar-refractivity contribution in [2.45, 2.75) is 82.7 Å². The van der Waals surface area contributed by atoms with Crippen molar-refractivity contribution in [3.63, 3.8) is 0 Å². The molecule has 0 bridgehead atoms. The standard InChI is InChI=1S/C30H32Cl2F5N5O4/c1-29(9-2-10-46-29)28(44)38-13-15-3-8-20(31)18(24(15)32)12-23-40-21-11-19(27(42-25(21)41-23)45-14-22(33)34)26(43)39-17-6-4-16(5-7-17)30(35,36)37/h3,8,11,16-17,22H,2,4-7,9-10,12-14H2,1H3,(H,38,44)(H,39,43)(H,40,41,42). The summed E-state index contributed by atoms with van der Waals surface area (Å²) in [6, 6.07) is 4.15. The zero-order valence-corrected chi connectivity index (χ0v) is 26.2. The molecule has 3 aromatic rings. The SMILES string of the molecule is CC1(C(=O)NCc2ccc(Cl)c(Cc3nc4nc(OCC(F)F)c(C(=O)NC5CCC(C(F)(F)F)CC5)cc4[nH]3)c2Cl)CCCO1. The van der Waals surface area contributed by atoms with Crippen molar-refractivity contribution in [2.75, 3.05) is 13.2 Å². The number of rotatable bonds is 10. The van der Waals surface area contributed by atoms with Gasteiger partial charge in [-0.15, -0.1) is 0 Å². The highest BCUT2D eigenvalue weighted by Crippen LogP contribution is 2.38. The number of hydrogen-bond donors (Lipinski definition) is 3. The lowest BCUT2D eigenvalue weighted by Crippen LogP contribution is -2.43. The average molecular weight is 693 g/mol. The summed E-state index contributed by atoms with van der Waals surface area (Å²) in [6.07, 6.45) is -5.68. The Labute approximate surface area is 270 Å². The molecular weight excluding hydrogens is 660 g/mol. The van der Waals surface area contributed by atoms with Gasteiger partial charge in [-0.05, 0) is 68.7 Å². The molecule has 16 heteroatoms. The molecule has 1 atom stereocenters. The summed E-state index contributed by atoms with van der Waals surface area (Å²) in [7, 11) is 0. The van der Waals surface area contributed by atoms with Crippen molar-refractivity contribution < 1.29 is 41.0 Å². The summed E-state index contributed by atoms with van der Waals surface area (Å²) in [5.41, 5.74) is 0.390. The third kappa shape index (κ3) is 7.83. The maximum Gasteiger partial charge on any atom is 0.391 e. The molecule has 9 nitrogen and oxygen atoms in total. The zero-order valence-electron chi connectivity index (χ0n) is 24.7. The maximum atomic E-state index is 13.2. The molecule has 1 saturated carbocycles. The number of ether oxygens (including phenoxy) is 2. The van der Waals surface area contributed by atoms with Crippen LogP contribution in [0.4, 0.5) is 22.0 Å². The number of imidazole rings is 1. The Morgan fingerprint density at radius 1 is 1.17 bits per heavy atom. The Hall–Kier alpha value is -3.23. The fraction of sp³-hybridized carbons (Fsp3) is 0.533. The second kappa shape index (κ2) is 13.9. The van der Waals surface area contributed by atoms with Crippen LogP contribution in [0.3, 0.4) is 0 Å². The van der Waals surface area contributed by atoms with Gasteiger partial charge in [0.05, 0.1) is 16.5 Å². The van der Waals surface area contributed by atoms with Crippen LogP contribution in [0.15, 0.2) is 18.2 Å². The number of benzene rings is 1. The first-order valence-corrected chi connectivity index (χ1v) is 15.5. The molecule has 46 heavy (non-hydrogen) atoms. The van der Waals surface area contributed by atoms with Crippen LogP contribution in [0.2, 0.25) is 10.0 Å². The van der Waals surface area contributed by atoms with Gasteiger partial charge in [0, 0.05) is 30.6 Å². The molecule has 1 aromatic carbocycles. The predicted molar refractivity (Wildman–Crippen MR) is 159 cm³/mol. The van der Waals surface area contributed by atoms with E-state index in [0.717, 1.165) is 6.42 Å². The van der Waals surface area contributed by atoms with E-state index in [1.165, 1.54) is 6.07 Å². The number of halogens is 7. The number of nitrogens with one attached hydrogen (secondary N) is 3. The second-order valence-corrected chi connectivity index (χ2v) is 12.5. The van der Waals surface area contributed by atoms with Crippen molar-refractivity contribution in [1.82, 2.24) is 25.6 Å². The van der Waals surface area contributed by atoms with Crippen LogP contribution >= 0.6 is 23.2 Å². The molecular formula is C30H32Cl2F5N5O4. The summed E-state index contributed by atoms with van der Waals surface area (Å²) < 4.78 is 75.9. The van der Waals surface area contributed by atoms with E-state index in [4.69, 9.17) is 32.7 Å². The quantitative estimate of drug-likeness (QED) is 0.208. The molecule has 1 saturated heterocycles. The molecule has 1 aliphatic carbocycles. The van der Waals surface area contributed by atoms with Crippen molar-refractivity contribution in [3.05, 3.63) is 50.8 Å². The van der Waals surface area contributed by atoms with E-state index < -0.39 is 42.7 Å². The number of hydrogen-bond acceptors (Lipinski definition) is 6. The van der Waals surface area contributed by atoms with Crippen molar-refractivity contribution >= 4 is 46.2 Å². The van der Waals surface area contributed by atoms with Gasteiger partial charge in [-0.1, -0.05) is 29.3 Å². The molecule has 0 spiro atoms. The van der Waals surface area contributed by atoms with Crippen LogP contribution in [0, 0.1) is 5.92 Å². The van der Waals surface area contributed by atoms with Gasteiger partial charge < -0.3 is 25.1 Å². The van der Waals surface area contributed by atoms with E-state index >= 15 is 0 Å². The molecule has 1 aliphatic heterocycles. The lowest BCUT2D eigenvalue weighted by atomic mass is 9.85. The number of amides is 2. The minimum absolute atomic E-state index is 0.0713. The molecule has 250 valence electrons. The Morgan fingerprint density at radius 2 is 1.91 bits per heavy atom. The summed E-state index contributed by atoms with van der Waals surface area (Å²) in [6.45, 7) is 1.35. The Balaban J connectivity index is 1.34. The predicted octanol–water partition coefficient (Wildman–Crippen LogP) is 6.54. The summed E-state index contributed by atoms with van der Waals surface area (Å²) >= 11 is 13.2. The average Bonchev–Trinajstić information content (AvgIpc) is 3.63. The van der Waals surface area contributed by atoms with Crippen LogP contribution in [0.5, 0.6) is 5.88 Å². The highest BCUT2D eigenvalue weighted by Gasteiger charge is 2.42. The minimum atomic E-state index is -4.30. The first-order valence-electron chi connectivity index (χ1n) is 14.8. The van der Waals surface area contributed by atoms with Crippen LogP contribution in [-0.2, 0) is 22.5 Å². The smallest absolute Gasteiger partial charge is 0.391 e. The number of carbonyl (C=O) groups is 2. The molecule has 3 heterocycles. The lowest BCUT2D eigenvalue weighted by molar-refractivity contribution is -0.182. The number of fused-ring (bicyclic) bond motifs is 1. The number of alkyl halides is 5. The number of pyridine rings is 1. The number of H-pyrrole nitrogens is 1. The van der Waals surface area contributed by atoms with Gasteiger partial charge in [0.2, 0.25) is 5.88 Å². The van der Waals surface area contributed by atoms with Gasteiger partial charge in [-0.3, -0.25) is 9.59 Å². The molecule has 0 radical (unpaired) electrons. The third-order valence-electron chi connectivity index (χ3n) is 8.35. The molecule has 1 unspecified atom stereocenters. The van der Waals surface area contributed by atoms with Crippen molar-refractivity contribution in [2.24, 2.45) is 5.92 Å². The fourth-order valence-electron chi connectivity index (χ4n) is 5.74. The van der Waals surface area contributed by atoms with E-state index in [0.29, 0.717) is 40.0 Å². The number of aromatic nitrogens is 3. The first-order chi connectivity index (χ1) is 21.7. The lowest BCUT2D eigenvalue weighted by Gasteiger charge is -2.30. The Bertz CT molecular complexity index is 1590. The topological polar surface area (TPSA) is 118 Å². The van der Waals surface area contributed by atoms with Gasteiger partial charge in [0.15, 0.2) is 12.3 Å². The largest absolute Gasteiger partial charge is 0.471 e. The molecule has 5 rings (SSSR count). The van der Waals surface area contributed by atoms with E-state index in [9.17, 15) is 31.5 Å². The van der Waals surface area contributed by atoms with E-state index in [1.807, 2.05) is 0 Å². The number of aromatic amines is 1. The van der Waals surface area contributed by atoms with E-state index in [1.54, 1.807) is 19.1 Å². The normalized spacial score (nSPS) is 21.9. The Morgan fingerprint density at radius 3 is 2.57 bits per heavy atom. The first kappa shape index (κ1) is 34.1. The highest BCUT2D eigenvalue weighted by molar-refractivity contribution is 6.36. The highest BCUT2D eigenvalue weighted by atomic mass is 35.5. The van der Waals surface area contributed by atoms with Gasteiger partial charge >= 0.3 is 6.18 Å². The zero-order chi connectivity index (χ0) is 33.2. The van der Waals surface area contributed by atoms with E-state index in [2.05, 4.69) is 25.6 Å². The Kier molecular flexibility index (Phi) is 10.3. The van der Waals surface area contributed by atoms with Crippen LogP contribution in [0.1, 0.15) is 72.8 Å². The summed E-state index contributed by atoms with van der Waals surface area (Å²) in [4.78, 5) is 37.5.